The molecule has 0 radical (unpaired) electrons. The largest absolute Gasteiger partial charge is 0.457 e. The first-order chi connectivity index (χ1) is 13.7. The predicted molar refractivity (Wildman–Crippen MR) is 99.6 cm³/mol. The molecule has 1 aromatic carbocycles. The number of ether oxygens (including phenoxy) is 3. The third kappa shape index (κ3) is 6.21. The van der Waals surface area contributed by atoms with Crippen molar-refractivity contribution >= 4 is 23.5 Å². The van der Waals surface area contributed by atoms with Crippen molar-refractivity contribution in [1.82, 2.24) is 5.32 Å². The number of aliphatic hydroxyl groups is 1. The molecular weight excluding hydrogens is 387 g/mol. The van der Waals surface area contributed by atoms with E-state index in [1.807, 2.05) is 0 Å². The quantitative estimate of drug-likeness (QED) is 0.551. The van der Waals surface area contributed by atoms with Crippen LogP contribution in [0.1, 0.15) is 19.4 Å². The SMILES string of the molecule is CO[C@H]1O[C@H](CF)[C@@H](O)[C@H](OC(=O)Cc2ccc(NC(C)=O)cc2)[C@H]1NC(C)=O. The van der Waals surface area contributed by atoms with Gasteiger partial charge in [0.2, 0.25) is 11.8 Å². The Labute approximate surface area is 167 Å². The van der Waals surface area contributed by atoms with E-state index >= 15 is 0 Å². The van der Waals surface area contributed by atoms with Crippen molar-refractivity contribution in [3.05, 3.63) is 29.8 Å². The minimum Gasteiger partial charge on any atom is -0.457 e. The van der Waals surface area contributed by atoms with Crippen molar-refractivity contribution in [2.45, 2.75) is 50.9 Å². The molecule has 160 valence electrons. The first kappa shape index (κ1) is 22.7. The van der Waals surface area contributed by atoms with Gasteiger partial charge >= 0.3 is 5.97 Å². The molecule has 0 aliphatic carbocycles. The number of halogens is 1. The standard InChI is InChI=1S/C19H25FN2O7/c1-10(23)21-13-6-4-12(5-7-13)8-15(25)29-18-16(22-11(2)24)19(27-3)28-14(9-20)17(18)26/h4-7,14,16-19,26H,8-9H2,1-3H3,(H,21,23)(H,22,24)/t14-,16-,17-,18-,19+/m1/s1. The van der Waals surface area contributed by atoms with Crippen molar-refractivity contribution in [3.63, 3.8) is 0 Å². The molecule has 1 fully saturated rings. The number of benzene rings is 1. The van der Waals surface area contributed by atoms with Crippen LogP contribution in [0.3, 0.4) is 0 Å². The van der Waals surface area contributed by atoms with Crippen LogP contribution in [0.15, 0.2) is 24.3 Å². The molecule has 1 aromatic rings. The molecular formula is C19H25FN2O7. The van der Waals surface area contributed by atoms with Crippen LogP contribution in [-0.2, 0) is 35.0 Å². The normalized spacial score (nSPS) is 26.4. The number of hydrogen-bond donors (Lipinski definition) is 3. The maximum atomic E-state index is 13.2. The summed E-state index contributed by atoms with van der Waals surface area (Å²) in [6.45, 7) is 1.61. The topological polar surface area (TPSA) is 123 Å². The Morgan fingerprint density at radius 1 is 1.17 bits per heavy atom. The van der Waals surface area contributed by atoms with E-state index in [1.165, 1.54) is 21.0 Å². The van der Waals surface area contributed by atoms with E-state index in [1.54, 1.807) is 24.3 Å². The maximum absolute atomic E-state index is 13.2. The number of carbonyl (C=O) groups is 3. The number of esters is 1. The van der Waals surface area contributed by atoms with Crippen molar-refractivity contribution in [3.8, 4) is 0 Å². The lowest BCUT2D eigenvalue weighted by Crippen LogP contribution is -2.65. The Morgan fingerprint density at radius 3 is 2.34 bits per heavy atom. The first-order valence-electron chi connectivity index (χ1n) is 9.00. The van der Waals surface area contributed by atoms with Gasteiger partial charge in [0.25, 0.3) is 0 Å². The number of methoxy groups -OCH3 is 1. The van der Waals surface area contributed by atoms with Gasteiger partial charge in [-0.1, -0.05) is 12.1 Å². The molecule has 9 nitrogen and oxygen atoms in total. The summed E-state index contributed by atoms with van der Waals surface area (Å²) in [5.74, 6) is -1.36. The molecule has 29 heavy (non-hydrogen) atoms. The Morgan fingerprint density at radius 2 is 1.83 bits per heavy atom. The first-order valence-corrected chi connectivity index (χ1v) is 9.00. The van der Waals surface area contributed by atoms with Gasteiger partial charge < -0.3 is 30.0 Å². The molecule has 1 saturated heterocycles. The number of amides is 2. The van der Waals surface area contributed by atoms with Crippen LogP contribution in [0.25, 0.3) is 0 Å². The third-order valence-corrected chi connectivity index (χ3v) is 4.32. The fraction of sp³-hybridized carbons (Fsp3) is 0.526. The van der Waals surface area contributed by atoms with E-state index in [-0.39, 0.29) is 12.3 Å². The molecule has 0 aromatic heterocycles. The van der Waals surface area contributed by atoms with Crippen molar-refractivity contribution in [1.29, 1.82) is 0 Å². The van der Waals surface area contributed by atoms with Crippen LogP contribution in [-0.4, -0.2) is 67.3 Å². The summed E-state index contributed by atoms with van der Waals surface area (Å²) < 4.78 is 29.0. The summed E-state index contributed by atoms with van der Waals surface area (Å²) in [6, 6.07) is 5.53. The molecule has 10 heteroatoms. The predicted octanol–water partition coefficient (Wildman–Crippen LogP) is 0.306. The third-order valence-electron chi connectivity index (χ3n) is 4.32. The van der Waals surface area contributed by atoms with E-state index in [0.29, 0.717) is 11.3 Å². The zero-order valence-electron chi connectivity index (χ0n) is 16.4. The molecule has 2 rings (SSSR count). The van der Waals surface area contributed by atoms with Gasteiger partial charge in [0.15, 0.2) is 12.4 Å². The monoisotopic (exact) mass is 412 g/mol. The van der Waals surface area contributed by atoms with Gasteiger partial charge in [0, 0.05) is 26.6 Å². The van der Waals surface area contributed by atoms with Gasteiger partial charge in [0.1, 0.15) is 24.9 Å². The molecule has 1 heterocycles. The van der Waals surface area contributed by atoms with Crippen LogP contribution in [0.5, 0.6) is 0 Å². The number of alkyl halides is 1. The molecule has 0 bridgehead atoms. The highest BCUT2D eigenvalue weighted by atomic mass is 19.1. The molecule has 3 N–H and O–H groups in total. The molecule has 1 aliphatic heterocycles. The highest BCUT2D eigenvalue weighted by molar-refractivity contribution is 5.88. The fourth-order valence-corrected chi connectivity index (χ4v) is 3.04. The van der Waals surface area contributed by atoms with E-state index < -0.39 is 49.2 Å². The Balaban J connectivity index is 2.10. The summed E-state index contributed by atoms with van der Waals surface area (Å²) in [5.41, 5.74) is 1.18. The molecule has 0 saturated carbocycles. The second kappa shape index (κ2) is 10.3. The van der Waals surface area contributed by atoms with Crippen molar-refractivity contribution < 1.29 is 38.1 Å². The number of carbonyl (C=O) groups excluding carboxylic acids is 3. The fourth-order valence-electron chi connectivity index (χ4n) is 3.04. The molecule has 0 spiro atoms. The van der Waals surface area contributed by atoms with Gasteiger partial charge in [-0.25, -0.2) is 4.39 Å². The number of anilines is 1. The van der Waals surface area contributed by atoms with Gasteiger partial charge in [0.05, 0.1) is 6.42 Å². The van der Waals surface area contributed by atoms with Gasteiger partial charge in [-0.05, 0) is 17.7 Å². The van der Waals surface area contributed by atoms with Gasteiger partial charge in [-0.3, -0.25) is 14.4 Å². The molecule has 0 unspecified atom stereocenters. The zero-order valence-corrected chi connectivity index (χ0v) is 16.4. The lowest BCUT2D eigenvalue weighted by Gasteiger charge is -2.43. The van der Waals surface area contributed by atoms with E-state index in [2.05, 4.69) is 10.6 Å². The minimum absolute atomic E-state index is 0.130. The van der Waals surface area contributed by atoms with Crippen LogP contribution in [0.4, 0.5) is 10.1 Å². The van der Waals surface area contributed by atoms with Crippen molar-refractivity contribution in [2.24, 2.45) is 0 Å². The number of aliphatic hydroxyl groups excluding tert-OH is 1. The number of rotatable bonds is 7. The van der Waals surface area contributed by atoms with Crippen LogP contribution < -0.4 is 10.6 Å². The van der Waals surface area contributed by atoms with E-state index in [9.17, 15) is 23.9 Å². The summed E-state index contributed by atoms with van der Waals surface area (Å²) in [6.07, 6.45) is -5.24. The average Bonchev–Trinajstić information content (AvgIpc) is 2.65. The Hall–Kier alpha value is -2.56. The Bertz CT molecular complexity index is 728. The maximum Gasteiger partial charge on any atom is 0.310 e. The highest BCUT2D eigenvalue weighted by Crippen LogP contribution is 2.25. The molecule has 1 aliphatic rings. The van der Waals surface area contributed by atoms with Crippen LogP contribution in [0.2, 0.25) is 0 Å². The van der Waals surface area contributed by atoms with Crippen molar-refractivity contribution in [2.75, 3.05) is 19.1 Å². The second-order valence-electron chi connectivity index (χ2n) is 6.66. The highest BCUT2D eigenvalue weighted by Gasteiger charge is 2.48. The van der Waals surface area contributed by atoms with Gasteiger partial charge in [-0.2, -0.15) is 0 Å². The van der Waals surface area contributed by atoms with Crippen LogP contribution in [0, 0.1) is 0 Å². The van der Waals surface area contributed by atoms with E-state index in [4.69, 9.17) is 14.2 Å². The smallest absolute Gasteiger partial charge is 0.310 e. The van der Waals surface area contributed by atoms with Crippen LogP contribution >= 0.6 is 0 Å². The lowest BCUT2D eigenvalue weighted by atomic mass is 9.96. The lowest BCUT2D eigenvalue weighted by molar-refractivity contribution is -0.263. The minimum atomic E-state index is -1.49. The average molecular weight is 412 g/mol. The van der Waals surface area contributed by atoms with Gasteiger partial charge in [-0.15, -0.1) is 0 Å². The molecule has 2 amide bonds. The zero-order chi connectivity index (χ0) is 21.6. The summed E-state index contributed by atoms with van der Waals surface area (Å²) >= 11 is 0. The van der Waals surface area contributed by atoms with E-state index in [0.717, 1.165) is 0 Å². The second-order valence-corrected chi connectivity index (χ2v) is 6.66. The summed E-state index contributed by atoms with van der Waals surface area (Å²) in [5, 5.41) is 15.5. The summed E-state index contributed by atoms with van der Waals surface area (Å²) in [7, 11) is 1.29. The number of hydrogen-bond acceptors (Lipinski definition) is 7. The molecule has 5 atom stereocenters. The Kier molecular flexibility index (Phi) is 8.06. The number of nitrogens with one attached hydrogen (secondary N) is 2. The summed E-state index contributed by atoms with van der Waals surface area (Å²) in [4.78, 5) is 35.0.